The third-order valence-electron chi connectivity index (χ3n) is 4.89. The van der Waals surface area contributed by atoms with Gasteiger partial charge in [0.2, 0.25) is 0 Å². The molecule has 3 aromatic rings. The van der Waals surface area contributed by atoms with Crippen molar-refractivity contribution in [3.63, 3.8) is 0 Å². The molecule has 0 unspecified atom stereocenters. The fraction of sp³-hybridized carbons (Fsp3) is 0.273. The second kappa shape index (κ2) is 6.79. The average molecular weight is 349 g/mol. The number of hydrogen-bond acceptors (Lipinski definition) is 3. The van der Waals surface area contributed by atoms with E-state index < -0.39 is 5.97 Å². The van der Waals surface area contributed by atoms with Gasteiger partial charge in [-0.3, -0.25) is 4.79 Å². The monoisotopic (exact) mass is 349 g/mol. The zero-order chi connectivity index (χ0) is 19.0. The van der Waals surface area contributed by atoms with Crippen molar-refractivity contribution in [2.45, 2.75) is 27.7 Å². The summed E-state index contributed by atoms with van der Waals surface area (Å²) in [6.45, 7) is 8.02. The molecule has 0 fully saturated rings. The molecule has 4 nitrogen and oxygen atoms in total. The van der Waals surface area contributed by atoms with Gasteiger partial charge in [0.1, 0.15) is 5.69 Å². The van der Waals surface area contributed by atoms with Gasteiger partial charge >= 0.3 is 5.97 Å². The number of aryl methyl sites for hydroxylation is 3. The van der Waals surface area contributed by atoms with E-state index in [1.807, 2.05) is 57.2 Å². The SMILES string of the molecule is CCOC(=O)c1c(-c2ccccc2C)c2cc(C)c(C)cc2c(=O)n1C. The maximum Gasteiger partial charge on any atom is 0.355 e. The first-order chi connectivity index (χ1) is 12.4. The van der Waals surface area contributed by atoms with Crippen LogP contribution in [0.4, 0.5) is 0 Å². The molecule has 2 aromatic carbocycles. The lowest BCUT2D eigenvalue weighted by molar-refractivity contribution is 0.0515. The van der Waals surface area contributed by atoms with Gasteiger partial charge in [-0.2, -0.15) is 0 Å². The van der Waals surface area contributed by atoms with E-state index in [0.717, 1.165) is 33.2 Å². The highest BCUT2D eigenvalue weighted by atomic mass is 16.5. The summed E-state index contributed by atoms with van der Waals surface area (Å²) in [6, 6.07) is 11.8. The first-order valence-electron chi connectivity index (χ1n) is 8.73. The molecule has 1 aromatic heterocycles. The van der Waals surface area contributed by atoms with Crippen LogP contribution >= 0.6 is 0 Å². The van der Waals surface area contributed by atoms with E-state index in [1.54, 1.807) is 14.0 Å². The van der Waals surface area contributed by atoms with Crippen LogP contribution in [0, 0.1) is 20.8 Å². The largest absolute Gasteiger partial charge is 0.461 e. The number of benzene rings is 2. The molecule has 0 saturated carbocycles. The first-order valence-corrected chi connectivity index (χ1v) is 8.73. The summed E-state index contributed by atoms with van der Waals surface area (Å²) < 4.78 is 6.68. The Morgan fingerprint density at radius 1 is 1.00 bits per heavy atom. The Bertz CT molecular complexity index is 1080. The quantitative estimate of drug-likeness (QED) is 0.662. The van der Waals surface area contributed by atoms with Crippen molar-refractivity contribution in [1.29, 1.82) is 0 Å². The van der Waals surface area contributed by atoms with Crippen molar-refractivity contribution in [2.24, 2.45) is 7.05 Å². The summed E-state index contributed by atoms with van der Waals surface area (Å²) in [4.78, 5) is 25.7. The molecular weight excluding hydrogens is 326 g/mol. The fourth-order valence-corrected chi connectivity index (χ4v) is 3.34. The van der Waals surface area contributed by atoms with Crippen molar-refractivity contribution in [1.82, 2.24) is 4.57 Å². The first kappa shape index (κ1) is 17.9. The van der Waals surface area contributed by atoms with E-state index in [4.69, 9.17) is 4.74 Å². The lowest BCUT2D eigenvalue weighted by Crippen LogP contribution is -2.26. The van der Waals surface area contributed by atoms with Gasteiger partial charge in [-0.1, -0.05) is 30.3 Å². The molecule has 4 heteroatoms. The molecule has 26 heavy (non-hydrogen) atoms. The lowest BCUT2D eigenvalue weighted by atomic mass is 9.92. The number of fused-ring (bicyclic) bond motifs is 1. The average Bonchev–Trinajstić information content (AvgIpc) is 2.60. The molecular formula is C22H23NO3. The smallest absolute Gasteiger partial charge is 0.355 e. The Hall–Kier alpha value is -2.88. The molecule has 0 saturated heterocycles. The van der Waals surface area contributed by atoms with Gasteiger partial charge in [0.05, 0.1) is 6.61 Å². The number of esters is 1. The minimum atomic E-state index is -0.481. The Labute approximate surface area is 153 Å². The van der Waals surface area contributed by atoms with Crippen LogP contribution < -0.4 is 5.56 Å². The standard InChI is InChI=1S/C22H23NO3/c1-6-26-22(25)20-19(16-10-8-7-9-13(16)2)17-11-14(3)15(4)12-18(17)21(24)23(20)5/h7-12H,6H2,1-5H3. The van der Waals surface area contributed by atoms with Gasteiger partial charge in [0.25, 0.3) is 5.56 Å². The molecule has 0 aliphatic heterocycles. The Morgan fingerprint density at radius 3 is 2.23 bits per heavy atom. The molecule has 0 N–H and O–H groups in total. The molecule has 0 atom stereocenters. The number of aromatic nitrogens is 1. The topological polar surface area (TPSA) is 48.3 Å². The highest BCUT2D eigenvalue weighted by Crippen LogP contribution is 2.34. The van der Waals surface area contributed by atoms with Gasteiger partial charge in [0.15, 0.2) is 0 Å². The second-order valence-corrected chi connectivity index (χ2v) is 6.61. The maximum atomic E-state index is 12.9. The van der Waals surface area contributed by atoms with Crippen molar-refractivity contribution in [2.75, 3.05) is 6.61 Å². The van der Waals surface area contributed by atoms with E-state index in [-0.39, 0.29) is 12.2 Å². The van der Waals surface area contributed by atoms with Crippen LogP contribution in [0.15, 0.2) is 41.2 Å². The molecule has 1 heterocycles. The molecule has 0 radical (unpaired) electrons. The molecule has 0 aliphatic carbocycles. The Balaban J connectivity index is 2.56. The van der Waals surface area contributed by atoms with Gasteiger partial charge in [-0.05, 0) is 61.4 Å². The third kappa shape index (κ3) is 2.81. The van der Waals surface area contributed by atoms with Crippen molar-refractivity contribution < 1.29 is 9.53 Å². The predicted molar refractivity (Wildman–Crippen MR) is 105 cm³/mol. The minimum Gasteiger partial charge on any atom is -0.461 e. The zero-order valence-electron chi connectivity index (χ0n) is 15.8. The van der Waals surface area contributed by atoms with Gasteiger partial charge < -0.3 is 9.30 Å². The summed E-state index contributed by atoms with van der Waals surface area (Å²) in [5.41, 5.74) is 4.95. The van der Waals surface area contributed by atoms with Crippen LogP contribution in [0.1, 0.15) is 34.1 Å². The summed E-state index contributed by atoms with van der Waals surface area (Å²) in [5.74, 6) is -0.481. The van der Waals surface area contributed by atoms with Crippen molar-refractivity contribution in [3.05, 3.63) is 69.1 Å². The number of rotatable bonds is 3. The van der Waals surface area contributed by atoms with Crippen LogP contribution in [0.25, 0.3) is 21.9 Å². The molecule has 0 aliphatic rings. The number of pyridine rings is 1. The van der Waals surface area contributed by atoms with Crippen molar-refractivity contribution in [3.8, 4) is 11.1 Å². The predicted octanol–water partition coefficient (Wildman–Crippen LogP) is 4.31. The lowest BCUT2D eigenvalue weighted by Gasteiger charge is -2.18. The Morgan fingerprint density at radius 2 is 1.62 bits per heavy atom. The summed E-state index contributed by atoms with van der Waals surface area (Å²) in [5, 5.41) is 1.40. The van der Waals surface area contributed by atoms with E-state index in [0.29, 0.717) is 11.1 Å². The Kier molecular flexibility index (Phi) is 4.68. The van der Waals surface area contributed by atoms with Crippen LogP contribution in [0.2, 0.25) is 0 Å². The molecule has 0 bridgehead atoms. The van der Waals surface area contributed by atoms with E-state index in [2.05, 4.69) is 0 Å². The third-order valence-corrected chi connectivity index (χ3v) is 4.89. The van der Waals surface area contributed by atoms with Crippen LogP contribution in [-0.4, -0.2) is 17.1 Å². The van der Waals surface area contributed by atoms with Gasteiger partial charge in [-0.25, -0.2) is 4.79 Å². The highest BCUT2D eigenvalue weighted by molar-refractivity contribution is 6.07. The van der Waals surface area contributed by atoms with Gasteiger partial charge in [0, 0.05) is 18.0 Å². The number of ether oxygens (including phenoxy) is 1. The van der Waals surface area contributed by atoms with Crippen molar-refractivity contribution >= 4 is 16.7 Å². The van der Waals surface area contributed by atoms with Crippen LogP contribution in [-0.2, 0) is 11.8 Å². The van der Waals surface area contributed by atoms with Crippen LogP contribution in [0.3, 0.4) is 0 Å². The number of carbonyl (C=O) groups excluding carboxylic acids is 1. The zero-order valence-corrected chi connectivity index (χ0v) is 15.8. The number of hydrogen-bond donors (Lipinski definition) is 0. The van der Waals surface area contributed by atoms with E-state index >= 15 is 0 Å². The number of nitrogens with zero attached hydrogens (tertiary/aromatic N) is 1. The fourth-order valence-electron chi connectivity index (χ4n) is 3.34. The highest BCUT2D eigenvalue weighted by Gasteiger charge is 2.24. The molecule has 0 spiro atoms. The van der Waals surface area contributed by atoms with E-state index in [1.165, 1.54) is 4.57 Å². The molecule has 3 rings (SSSR count). The normalized spacial score (nSPS) is 11.0. The summed E-state index contributed by atoms with van der Waals surface area (Å²) >= 11 is 0. The van der Waals surface area contributed by atoms with Crippen LogP contribution in [0.5, 0.6) is 0 Å². The molecule has 134 valence electrons. The minimum absolute atomic E-state index is 0.191. The summed E-state index contributed by atoms with van der Waals surface area (Å²) in [6.07, 6.45) is 0. The maximum absolute atomic E-state index is 12.9. The van der Waals surface area contributed by atoms with E-state index in [9.17, 15) is 9.59 Å². The second-order valence-electron chi connectivity index (χ2n) is 6.61. The number of carbonyl (C=O) groups is 1. The van der Waals surface area contributed by atoms with Gasteiger partial charge in [-0.15, -0.1) is 0 Å². The summed E-state index contributed by atoms with van der Waals surface area (Å²) in [7, 11) is 1.63. The molecule has 0 amide bonds.